The number of methoxy groups -OCH3 is 1. The van der Waals surface area contributed by atoms with Crippen LogP contribution in [0, 0.1) is 6.92 Å². The van der Waals surface area contributed by atoms with Crippen molar-refractivity contribution in [3.05, 3.63) is 23.8 Å². The van der Waals surface area contributed by atoms with E-state index >= 15 is 0 Å². The molecule has 0 heterocycles. The van der Waals surface area contributed by atoms with Gasteiger partial charge in [0, 0.05) is 0 Å². The molecule has 1 aromatic rings. The molecule has 0 saturated heterocycles. The zero-order chi connectivity index (χ0) is 15.3. The molecule has 0 aliphatic carbocycles. The Bertz CT molecular complexity index is 474. The second-order valence-electron chi connectivity index (χ2n) is 4.25. The molecular weight excluding hydrogens is 275 g/mol. The molecule has 0 saturated carbocycles. The highest BCUT2D eigenvalue weighted by Gasteiger charge is 2.29. The molecule has 1 aromatic carbocycles. The molecule has 1 rings (SSSR count). The van der Waals surface area contributed by atoms with Gasteiger partial charge in [0.15, 0.2) is 17.6 Å². The first-order chi connectivity index (χ1) is 9.23. The van der Waals surface area contributed by atoms with Gasteiger partial charge >= 0.3 is 6.18 Å². The van der Waals surface area contributed by atoms with Crippen molar-refractivity contribution in [2.45, 2.75) is 26.1 Å². The SMILES string of the molecule is COc1cc(C)ccc1OC(C)C(=O)NCC(F)(F)F. The van der Waals surface area contributed by atoms with E-state index in [0.717, 1.165) is 5.56 Å². The predicted octanol–water partition coefficient (Wildman–Crippen LogP) is 2.45. The number of aryl methyl sites for hydroxylation is 1. The number of alkyl halides is 3. The number of rotatable bonds is 5. The van der Waals surface area contributed by atoms with E-state index in [4.69, 9.17) is 9.47 Å². The molecule has 0 aliphatic heterocycles. The first-order valence-corrected chi connectivity index (χ1v) is 5.88. The molecule has 7 heteroatoms. The monoisotopic (exact) mass is 291 g/mol. The van der Waals surface area contributed by atoms with E-state index in [1.807, 2.05) is 6.92 Å². The van der Waals surface area contributed by atoms with Crippen molar-refractivity contribution in [2.75, 3.05) is 13.7 Å². The van der Waals surface area contributed by atoms with Gasteiger partial charge in [0.25, 0.3) is 5.91 Å². The summed E-state index contributed by atoms with van der Waals surface area (Å²) in [6, 6.07) is 5.05. The van der Waals surface area contributed by atoms with Gasteiger partial charge in [-0.3, -0.25) is 4.79 Å². The Kier molecular flexibility index (Phi) is 5.24. The molecule has 0 spiro atoms. The van der Waals surface area contributed by atoms with Crippen LogP contribution in [0.4, 0.5) is 13.2 Å². The number of ether oxygens (including phenoxy) is 2. The smallest absolute Gasteiger partial charge is 0.405 e. The second-order valence-corrected chi connectivity index (χ2v) is 4.25. The highest BCUT2D eigenvalue weighted by atomic mass is 19.4. The van der Waals surface area contributed by atoms with E-state index in [1.165, 1.54) is 14.0 Å². The summed E-state index contributed by atoms with van der Waals surface area (Å²) in [5.41, 5.74) is 0.934. The minimum atomic E-state index is -4.45. The van der Waals surface area contributed by atoms with Crippen LogP contribution in [0.1, 0.15) is 12.5 Å². The first kappa shape index (κ1) is 16.1. The molecule has 112 valence electrons. The number of nitrogens with one attached hydrogen (secondary N) is 1. The summed E-state index contributed by atoms with van der Waals surface area (Å²) in [6.07, 6.45) is -5.51. The van der Waals surface area contributed by atoms with Crippen molar-refractivity contribution in [3.63, 3.8) is 0 Å². The molecule has 20 heavy (non-hydrogen) atoms. The van der Waals surface area contributed by atoms with Gasteiger partial charge in [0.1, 0.15) is 6.54 Å². The third-order valence-electron chi connectivity index (χ3n) is 2.46. The molecule has 1 amide bonds. The van der Waals surface area contributed by atoms with Crippen LogP contribution in [0.5, 0.6) is 11.5 Å². The molecule has 4 nitrogen and oxygen atoms in total. The Balaban J connectivity index is 2.66. The van der Waals surface area contributed by atoms with Crippen molar-refractivity contribution in [1.82, 2.24) is 5.32 Å². The quantitative estimate of drug-likeness (QED) is 0.906. The van der Waals surface area contributed by atoms with Crippen molar-refractivity contribution < 1.29 is 27.4 Å². The van der Waals surface area contributed by atoms with E-state index in [1.54, 1.807) is 23.5 Å². The fourth-order valence-corrected chi connectivity index (χ4v) is 1.45. The fourth-order valence-electron chi connectivity index (χ4n) is 1.45. The lowest BCUT2D eigenvalue weighted by atomic mass is 10.2. The van der Waals surface area contributed by atoms with E-state index < -0.39 is 24.7 Å². The maximum Gasteiger partial charge on any atom is 0.405 e. The average molecular weight is 291 g/mol. The van der Waals surface area contributed by atoms with E-state index in [9.17, 15) is 18.0 Å². The number of halogens is 3. The van der Waals surface area contributed by atoms with Crippen molar-refractivity contribution in [1.29, 1.82) is 0 Å². The normalized spacial score (nSPS) is 12.7. The predicted molar refractivity (Wildman–Crippen MR) is 66.9 cm³/mol. The average Bonchev–Trinajstić information content (AvgIpc) is 2.36. The van der Waals surface area contributed by atoms with Crippen LogP contribution >= 0.6 is 0 Å². The molecule has 0 bridgehead atoms. The highest BCUT2D eigenvalue weighted by molar-refractivity contribution is 5.80. The van der Waals surface area contributed by atoms with Gasteiger partial charge in [0.2, 0.25) is 0 Å². The summed E-state index contributed by atoms with van der Waals surface area (Å²) in [7, 11) is 1.44. The van der Waals surface area contributed by atoms with Crippen LogP contribution in [0.25, 0.3) is 0 Å². The van der Waals surface area contributed by atoms with Crippen molar-refractivity contribution in [2.24, 2.45) is 0 Å². The molecule has 0 aliphatic rings. The van der Waals surface area contributed by atoms with Crippen LogP contribution in [-0.4, -0.2) is 31.8 Å². The van der Waals surface area contributed by atoms with Gasteiger partial charge in [-0.2, -0.15) is 13.2 Å². The summed E-state index contributed by atoms with van der Waals surface area (Å²) in [6.45, 7) is 1.83. The van der Waals surface area contributed by atoms with E-state index in [0.29, 0.717) is 11.5 Å². The van der Waals surface area contributed by atoms with Crippen LogP contribution in [0.2, 0.25) is 0 Å². The number of hydrogen-bond donors (Lipinski definition) is 1. The Morgan fingerprint density at radius 1 is 1.35 bits per heavy atom. The lowest BCUT2D eigenvalue weighted by molar-refractivity contribution is -0.142. The topological polar surface area (TPSA) is 47.6 Å². The summed E-state index contributed by atoms with van der Waals surface area (Å²) >= 11 is 0. The van der Waals surface area contributed by atoms with Crippen LogP contribution in [0.3, 0.4) is 0 Å². The summed E-state index contributed by atoms with van der Waals surface area (Å²) in [5, 5.41) is 1.76. The first-order valence-electron chi connectivity index (χ1n) is 5.88. The minimum Gasteiger partial charge on any atom is -0.493 e. The Hall–Kier alpha value is -1.92. The number of hydrogen-bond acceptors (Lipinski definition) is 3. The summed E-state index contributed by atoms with van der Waals surface area (Å²) in [5.74, 6) is -0.127. The van der Waals surface area contributed by atoms with Gasteiger partial charge in [-0.1, -0.05) is 6.07 Å². The molecular formula is C13H16F3NO3. The molecule has 1 atom stereocenters. The van der Waals surface area contributed by atoms with Gasteiger partial charge < -0.3 is 14.8 Å². The number of carbonyl (C=O) groups excluding carboxylic acids is 1. The highest BCUT2D eigenvalue weighted by Crippen LogP contribution is 2.28. The van der Waals surface area contributed by atoms with Crippen LogP contribution < -0.4 is 14.8 Å². The van der Waals surface area contributed by atoms with Crippen LogP contribution in [0.15, 0.2) is 18.2 Å². The largest absolute Gasteiger partial charge is 0.493 e. The second kappa shape index (κ2) is 6.49. The molecule has 0 aromatic heterocycles. The molecule has 0 radical (unpaired) electrons. The van der Waals surface area contributed by atoms with E-state index in [-0.39, 0.29) is 0 Å². The summed E-state index contributed by atoms with van der Waals surface area (Å²) in [4.78, 5) is 11.5. The number of amides is 1. The van der Waals surface area contributed by atoms with E-state index in [2.05, 4.69) is 0 Å². The van der Waals surface area contributed by atoms with Gasteiger partial charge in [-0.15, -0.1) is 0 Å². The zero-order valence-corrected chi connectivity index (χ0v) is 11.4. The lowest BCUT2D eigenvalue weighted by Crippen LogP contribution is -2.41. The number of benzene rings is 1. The maximum atomic E-state index is 12.0. The fraction of sp³-hybridized carbons (Fsp3) is 0.462. The van der Waals surface area contributed by atoms with Crippen molar-refractivity contribution in [3.8, 4) is 11.5 Å². The third kappa shape index (κ3) is 4.99. The Labute approximate surface area is 114 Å². The Morgan fingerprint density at radius 3 is 2.55 bits per heavy atom. The molecule has 0 fully saturated rings. The third-order valence-corrected chi connectivity index (χ3v) is 2.46. The van der Waals surface area contributed by atoms with Gasteiger partial charge in [-0.25, -0.2) is 0 Å². The zero-order valence-electron chi connectivity index (χ0n) is 11.4. The maximum absolute atomic E-state index is 12.0. The van der Waals surface area contributed by atoms with Gasteiger partial charge in [0.05, 0.1) is 7.11 Å². The van der Waals surface area contributed by atoms with Crippen LogP contribution in [-0.2, 0) is 4.79 Å². The molecule has 1 unspecified atom stereocenters. The minimum absolute atomic E-state index is 0.299. The lowest BCUT2D eigenvalue weighted by Gasteiger charge is -2.17. The number of carbonyl (C=O) groups is 1. The summed E-state index contributed by atoms with van der Waals surface area (Å²) < 4.78 is 46.4. The van der Waals surface area contributed by atoms with Crippen molar-refractivity contribution >= 4 is 5.91 Å². The van der Waals surface area contributed by atoms with Gasteiger partial charge in [-0.05, 0) is 31.5 Å². The standard InChI is InChI=1S/C13H16F3NO3/c1-8-4-5-10(11(6-8)19-3)20-9(2)12(18)17-7-13(14,15)16/h4-6,9H,7H2,1-3H3,(H,17,18). The molecule has 1 N–H and O–H groups in total. The Morgan fingerprint density at radius 2 is 2.00 bits per heavy atom.